The van der Waals surface area contributed by atoms with Gasteiger partial charge in [0.2, 0.25) is 5.95 Å². The van der Waals surface area contributed by atoms with Crippen molar-refractivity contribution in [2.24, 2.45) is 0 Å². The van der Waals surface area contributed by atoms with Crippen molar-refractivity contribution in [2.45, 2.75) is 27.2 Å². The molecule has 0 saturated carbocycles. The lowest BCUT2D eigenvalue weighted by atomic mass is 10.1. The summed E-state index contributed by atoms with van der Waals surface area (Å²) in [6.45, 7) is 6.94. The highest BCUT2D eigenvalue weighted by Crippen LogP contribution is 2.23. The fourth-order valence-electron chi connectivity index (χ4n) is 2.97. The normalized spacial score (nSPS) is 10.5. The van der Waals surface area contributed by atoms with Gasteiger partial charge in [-0.3, -0.25) is 0 Å². The first kappa shape index (κ1) is 18.7. The molecule has 5 heteroatoms. The highest BCUT2D eigenvalue weighted by atomic mass is 16.5. The van der Waals surface area contributed by atoms with Gasteiger partial charge in [0.15, 0.2) is 0 Å². The zero-order chi connectivity index (χ0) is 19.2. The average Bonchev–Trinajstić information content (AvgIpc) is 2.65. The molecule has 140 valence electrons. The molecule has 5 nitrogen and oxygen atoms in total. The number of anilines is 3. The summed E-state index contributed by atoms with van der Waals surface area (Å²) in [7, 11) is 1.68. The fourth-order valence-corrected chi connectivity index (χ4v) is 2.97. The standard InChI is InChI=1S/C22H26N4O/c1-15-6-5-7-16(2)21(15)26-22-24-17(3)14-20(25-22)23-13-12-18-8-10-19(27-4)11-9-18/h5-11,14H,12-13H2,1-4H3,(H2,23,24,25,26). The second kappa shape index (κ2) is 8.54. The topological polar surface area (TPSA) is 59.1 Å². The fraction of sp³-hybridized carbons (Fsp3) is 0.273. The predicted octanol–water partition coefficient (Wildman–Crippen LogP) is 4.81. The minimum atomic E-state index is 0.611. The van der Waals surface area contributed by atoms with Crippen LogP contribution in [0.4, 0.5) is 17.5 Å². The Morgan fingerprint density at radius 2 is 1.63 bits per heavy atom. The predicted molar refractivity (Wildman–Crippen MR) is 111 cm³/mol. The summed E-state index contributed by atoms with van der Waals surface area (Å²) in [4.78, 5) is 9.14. The third-order valence-electron chi connectivity index (χ3n) is 4.45. The molecule has 27 heavy (non-hydrogen) atoms. The van der Waals surface area contributed by atoms with E-state index in [1.807, 2.05) is 25.1 Å². The minimum Gasteiger partial charge on any atom is -0.497 e. The molecule has 3 aromatic rings. The number of hydrogen-bond donors (Lipinski definition) is 2. The van der Waals surface area contributed by atoms with Crippen molar-refractivity contribution in [1.82, 2.24) is 9.97 Å². The first-order valence-electron chi connectivity index (χ1n) is 9.11. The molecule has 0 radical (unpaired) electrons. The average molecular weight is 362 g/mol. The van der Waals surface area contributed by atoms with Crippen molar-refractivity contribution in [2.75, 3.05) is 24.3 Å². The zero-order valence-electron chi connectivity index (χ0n) is 16.3. The summed E-state index contributed by atoms with van der Waals surface area (Å²) >= 11 is 0. The van der Waals surface area contributed by atoms with Crippen LogP contribution in [0, 0.1) is 20.8 Å². The van der Waals surface area contributed by atoms with Crippen LogP contribution in [-0.4, -0.2) is 23.6 Å². The van der Waals surface area contributed by atoms with Gasteiger partial charge in [-0.05, 0) is 56.0 Å². The highest BCUT2D eigenvalue weighted by molar-refractivity contribution is 5.63. The Labute approximate surface area is 160 Å². The number of nitrogens with one attached hydrogen (secondary N) is 2. The molecule has 0 bridgehead atoms. The van der Waals surface area contributed by atoms with Crippen LogP contribution in [0.25, 0.3) is 0 Å². The van der Waals surface area contributed by atoms with Gasteiger partial charge in [-0.25, -0.2) is 4.98 Å². The van der Waals surface area contributed by atoms with Gasteiger partial charge in [0.25, 0.3) is 0 Å². The number of nitrogens with zero attached hydrogens (tertiary/aromatic N) is 2. The maximum absolute atomic E-state index is 5.20. The third kappa shape index (κ3) is 4.97. The lowest BCUT2D eigenvalue weighted by Gasteiger charge is -2.13. The van der Waals surface area contributed by atoms with E-state index in [4.69, 9.17) is 4.74 Å². The number of aromatic nitrogens is 2. The van der Waals surface area contributed by atoms with Gasteiger partial charge in [-0.15, -0.1) is 0 Å². The summed E-state index contributed by atoms with van der Waals surface area (Å²) in [5.74, 6) is 2.31. The summed E-state index contributed by atoms with van der Waals surface area (Å²) in [6.07, 6.45) is 0.909. The Balaban J connectivity index is 1.66. The van der Waals surface area contributed by atoms with E-state index in [2.05, 4.69) is 64.8 Å². The molecule has 0 amide bonds. The molecule has 0 saturated heterocycles. The Hall–Kier alpha value is -3.08. The van der Waals surface area contributed by atoms with Crippen molar-refractivity contribution >= 4 is 17.5 Å². The van der Waals surface area contributed by atoms with Gasteiger partial charge in [0.05, 0.1) is 7.11 Å². The molecule has 2 aromatic carbocycles. The second-order valence-corrected chi connectivity index (χ2v) is 6.63. The first-order chi connectivity index (χ1) is 13.0. The van der Waals surface area contributed by atoms with E-state index < -0.39 is 0 Å². The molecule has 0 unspecified atom stereocenters. The van der Waals surface area contributed by atoms with Crippen molar-refractivity contribution in [3.05, 3.63) is 70.9 Å². The van der Waals surface area contributed by atoms with Crippen molar-refractivity contribution in [1.29, 1.82) is 0 Å². The molecule has 0 aliphatic carbocycles. The summed E-state index contributed by atoms with van der Waals surface area (Å²) in [5.41, 5.74) is 5.59. The van der Waals surface area contributed by atoms with Gasteiger partial charge in [0.1, 0.15) is 11.6 Å². The Morgan fingerprint density at radius 3 is 2.30 bits per heavy atom. The van der Waals surface area contributed by atoms with Crippen LogP contribution in [0.3, 0.4) is 0 Å². The molecule has 1 aromatic heterocycles. The van der Waals surface area contributed by atoms with Gasteiger partial charge < -0.3 is 15.4 Å². The summed E-state index contributed by atoms with van der Waals surface area (Å²) in [6, 6.07) is 16.3. The van der Waals surface area contributed by atoms with Crippen LogP contribution in [0.2, 0.25) is 0 Å². The maximum atomic E-state index is 5.20. The molecular weight excluding hydrogens is 336 g/mol. The van der Waals surface area contributed by atoms with Gasteiger partial charge in [0, 0.05) is 24.0 Å². The summed E-state index contributed by atoms with van der Waals surface area (Å²) < 4.78 is 5.20. The number of benzene rings is 2. The van der Waals surface area contributed by atoms with E-state index in [1.165, 1.54) is 16.7 Å². The van der Waals surface area contributed by atoms with E-state index in [9.17, 15) is 0 Å². The molecule has 0 aliphatic rings. The van der Waals surface area contributed by atoms with E-state index in [0.29, 0.717) is 5.95 Å². The number of ether oxygens (including phenoxy) is 1. The van der Waals surface area contributed by atoms with Crippen molar-refractivity contribution in [3.8, 4) is 5.75 Å². The van der Waals surface area contributed by atoms with Crippen LogP contribution in [0.5, 0.6) is 5.75 Å². The Kier molecular flexibility index (Phi) is 5.91. The van der Waals surface area contributed by atoms with Crippen LogP contribution in [-0.2, 0) is 6.42 Å². The Morgan fingerprint density at radius 1 is 0.926 bits per heavy atom. The smallest absolute Gasteiger partial charge is 0.229 e. The molecule has 0 atom stereocenters. The number of para-hydroxylation sites is 1. The number of hydrogen-bond acceptors (Lipinski definition) is 5. The number of methoxy groups -OCH3 is 1. The van der Waals surface area contributed by atoms with Crippen molar-refractivity contribution < 1.29 is 4.74 Å². The zero-order valence-corrected chi connectivity index (χ0v) is 16.3. The minimum absolute atomic E-state index is 0.611. The highest BCUT2D eigenvalue weighted by Gasteiger charge is 2.07. The van der Waals surface area contributed by atoms with Crippen LogP contribution >= 0.6 is 0 Å². The third-order valence-corrected chi connectivity index (χ3v) is 4.45. The first-order valence-corrected chi connectivity index (χ1v) is 9.11. The molecule has 0 spiro atoms. The molecule has 3 rings (SSSR count). The molecule has 2 N–H and O–H groups in total. The van der Waals surface area contributed by atoms with Crippen LogP contribution in [0.1, 0.15) is 22.4 Å². The SMILES string of the molecule is COc1ccc(CCNc2cc(C)nc(Nc3c(C)cccc3C)n2)cc1. The van der Waals surface area contributed by atoms with E-state index in [1.54, 1.807) is 7.11 Å². The summed E-state index contributed by atoms with van der Waals surface area (Å²) in [5, 5.41) is 6.76. The van der Waals surface area contributed by atoms with E-state index >= 15 is 0 Å². The van der Waals surface area contributed by atoms with Gasteiger partial charge in [-0.1, -0.05) is 30.3 Å². The van der Waals surface area contributed by atoms with Gasteiger partial charge in [-0.2, -0.15) is 4.98 Å². The number of rotatable bonds is 7. The lowest BCUT2D eigenvalue weighted by Crippen LogP contribution is -2.09. The molecule has 0 aliphatic heterocycles. The lowest BCUT2D eigenvalue weighted by molar-refractivity contribution is 0.414. The maximum Gasteiger partial charge on any atom is 0.229 e. The van der Waals surface area contributed by atoms with Crippen molar-refractivity contribution in [3.63, 3.8) is 0 Å². The van der Waals surface area contributed by atoms with E-state index in [0.717, 1.165) is 35.9 Å². The van der Waals surface area contributed by atoms with Crippen LogP contribution in [0.15, 0.2) is 48.5 Å². The van der Waals surface area contributed by atoms with E-state index in [-0.39, 0.29) is 0 Å². The molecule has 1 heterocycles. The molecular formula is C22H26N4O. The van der Waals surface area contributed by atoms with Gasteiger partial charge >= 0.3 is 0 Å². The second-order valence-electron chi connectivity index (χ2n) is 6.63. The number of aryl methyl sites for hydroxylation is 3. The van der Waals surface area contributed by atoms with Crippen LogP contribution < -0.4 is 15.4 Å². The molecule has 0 fully saturated rings. The Bertz CT molecular complexity index is 886. The quantitative estimate of drug-likeness (QED) is 0.632. The monoisotopic (exact) mass is 362 g/mol. The largest absolute Gasteiger partial charge is 0.497 e.